The largest absolute Gasteiger partial charge is 0.494 e. The van der Waals surface area contributed by atoms with Gasteiger partial charge in [0.15, 0.2) is 0 Å². The quantitative estimate of drug-likeness (QED) is 0.514. The lowest BCUT2D eigenvalue weighted by molar-refractivity contribution is -0.121. The molecule has 0 aliphatic carbocycles. The molecule has 180 valence electrons. The van der Waals surface area contributed by atoms with Gasteiger partial charge in [-0.1, -0.05) is 50.2 Å². The Bertz CT molecular complexity index is 1080. The fourth-order valence-electron chi connectivity index (χ4n) is 4.21. The van der Waals surface area contributed by atoms with Crippen molar-refractivity contribution in [2.24, 2.45) is 5.92 Å². The van der Waals surface area contributed by atoms with Crippen LogP contribution in [0.1, 0.15) is 52.0 Å². The summed E-state index contributed by atoms with van der Waals surface area (Å²) in [6, 6.07) is 15.8. The summed E-state index contributed by atoms with van der Waals surface area (Å²) in [5.41, 5.74) is 3.09. The van der Waals surface area contributed by atoms with Gasteiger partial charge in [0.05, 0.1) is 19.1 Å². The molecule has 0 spiro atoms. The van der Waals surface area contributed by atoms with Gasteiger partial charge in [-0.25, -0.2) is 0 Å². The molecule has 4 rings (SSSR count). The van der Waals surface area contributed by atoms with Gasteiger partial charge in [0, 0.05) is 17.8 Å². The van der Waals surface area contributed by atoms with Crippen molar-refractivity contribution in [3.05, 3.63) is 60.0 Å². The van der Waals surface area contributed by atoms with E-state index in [4.69, 9.17) is 9.26 Å². The van der Waals surface area contributed by atoms with Crippen LogP contribution >= 0.6 is 0 Å². The maximum atomic E-state index is 12.8. The molecule has 7 nitrogen and oxygen atoms in total. The molecule has 0 bridgehead atoms. The highest BCUT2D eigenvalue weighted by atomic mass is 16.5. The van der Waals surface area contributed by atoms with Gasteiger partial charge in [0.25, 0.3) is 0 Å². The van der Waals surface area contributed by atoms with Crippen LogP contribution in [0.25, 0.3) is 11.4 Å². The number of ether oxygens (including phenoxy) is 1. The van der Waals surface area contributed by atoms with Crippen molar-refractivity contribution in [2.75, 3.05) is 25.0 Å². The highest BCUT2D eigenvalue weighted by Crippen LogP contribution is 2.26. The number of nitrogens with one attached hydrogen (secondary N) is 1. The van der Waals surface area contributed by atoms with Gasteiger partial charge in [0.1, 0.15) is 5.75 Å². The number of benzene rings is 2. The Morgan fingerprint density at radius 1 is 1.15 bits per heavy atom. The molecular weight excluding hydrogens is 428 g/mol. The second-order valence-electron chi connectivity index (χ2n) is 9.86. The summed E-state index contributed by atoms with van der Waals surface area (Å²) in [5.74, 6) is 1.93. The van der Waals surface area contributed by atoms with Crippen molar-refractivity contribution in [3.8, 4) is 17.1 Å². The van der Waals surface area contributed by atoms with E-state index in [9.17, 15) is 4.79 Å². The molecular formula is C27H34N4O3. The molecule has 1 atom stereocenters. The minimum absolute atomic E-state index is 0.0408. The topological polar surface area (TPSA) is 80.5 Å². The smallest absolute Gasteiger partial charge is 0.241 e. The third-order valence-electron chi connectivity index (χ3n) is 6.15. The first kappa shape index (κ1) is 24.0. The number of carbonyl (C=O) groups is 1. The van der Waals surface area contributed by atoms with E-state index in [1.807, 2.05) is 43.3 Å². The average Bonchev–Trinajstić information content (AvgIpc) is 3.29. The minimum atomic E-state index is -0.0762. The van der Waals surface area contributed by atoms with Crippen molar-refractivity contribution < 1.29 is 14.1 Å². The molecule has 2 heterocycles. The van der Waals surface area contributed by atoms with Crippen LogP contribution in [0.5, 0.6) is 5.75 Å². The normalized spacial score (nSPS) is 16.9. The van der Waals surface area contributed by atoms with E-state index in [1.165, 1.54) is 5.56 Å². The zero-order chi connectivity index (χ0) is 24.1. The highest BCUT2D eigenvalue weighted by molar-refractivity contribution is 5.92. The van der Waals surface area contributed by atoms with E-state index in [0.29, 0.717) is 31.4 Å². The molecule has 1 fully saturated rings. The summed E-state index contributed by atoms with van der Waals surface area (Å²) in [6.45, 7) is 11.3. The Kier molecular flexibility index (Phi) is 7.32. The Balaban J connectivity index is 1.33. The number of hydrogen-bond donors (Lipinski definition) is 1. The third kappa shape index (κ3) is 6.03. The second-order valence-corrected chi connectivity index (χ2v) is 9.86. The molecule has 1 N–H and O–H groups in total. The Morgan fingerprint density at radius 2 is 1.88 bits per heavy atom. The van der Waals surface area contributed by atoms with E-state index < -0.39 is 0 Å². The Hall–Kier alpha value is -3.19. The standard InChI is InChI=1S/C27H34N4O3/c1-5-33-23-14-12-22(13-15-23)28-26(32)20-7-6-16-31(17-20)18-24-29-25(30-34-24)19-8-10-21(11-9-19)27(2,3)4/h8-15,20H,5-7,16-18H2,1-4H3,(H,28,32). The van der Waals surface area contributed by atoms with E-state index in [0.717, 1.165) is 36.4 Å². The van der Waals surface area contributed by atoms with Crippen LogP contribution in [-0.2, 0) is 16.8 Å². The number of nitrogens with zero attached hydrogens (tertiary/aromatic N) is 3. The predicted molar refractivity (Wildman–Crippen MR) is 133 cm³/mol. The lowest BCUT2D eigenvalue weighted by Crippen LogP contribution is -2.40. The first-order chi connectivity index (χ1) is 16.3. The summed E-state index contributed by atoms with van der Waals surface area (Å²) in [7, 11) is 0. The highest BCUT2D eigenvalue weighted by Gasteiger charge is 2.27. The van der Waals surface area contributed by atoms with Gasteiger partial charge >= 0.3 is 0 Å². The molecule has 3 aromatic rings. The molecule has 1 aromatic heterocycles. The van der Waals surface area contributed by atoms with Crippen LogP contribution in [0, 0.1) is 5.92 Å². The molecule has 1 saturated heterocycles. The maximum Gasteiger partial charge on any atom is 0.241 e. The lowest BCUT2D eigenvalue weighted by Gasteiger charge is -2.30. The number of amides is 1. The zero-order valence-electron chi connectivity index (χ0n) is 20.5. The van der Waals surface area contributed by atoms with Crippen molar-refractivity contribution in [1.29, 1.82) is 0 Å². The molecule has 0 radical (unpaired) electrons. The van der Waals surface area contributed by atoms with Crippen LogP contribution < -0.4 is 10.1 Å². The molecule has 1 aliphatic heterocycles. The summed E-state index contributed by atoms with van der Waals surface area (Å²) >= 11 is 0. The molecule has 7 heteroatoms. The molecule has 1 unspecified atom stereocenters. The van der Waals surface area contributed by atoms with Crippen LogP contribution in [0.15, 0.2) is 53.1 Å². The number of rotatable bonds is 7. The van der Waals surface area contributed by atoms with Crippen LogP contribution in [-0.4, -0.2) is 40.6 Å². The fraction of sp³-hybridized carbons (Fsp3) is 0.444. The van der Waals surface area contributed by atoms with Crippen LogP contribution in [0.3, 0.4) is 0 Å². The number of likely N-dealkylation sites (tertiary alicyclic amines) is 1. The van der Waals surface area contributed by atoms with E-state index in [2.05, 4.69) is 53.3 Å². The molecule has 0 saturated carbocycles. The lowest BCUT2D eigenvalue weighted by atomic mass is 9.87. The maximum absolute atomic E-state index is 12.8. The molecule has 34 heavy (non-hydrogen) atoms. The van der Waals surface area contributed by atoms with Gasteiger partial charge in [-0.2, -0.15) is 4.98 Å². The molecule has 1 amide bonds. The van der Waals surface area contributed by atoms with E-state index in [1.54, 1.807) is 0 Å². The molecule has 2 aromatic carbocycles. The average molecular weight is 463 g/mol. The summed E-state index contributed by atoms with van der Waals surface area (Å²) in [4.78, 5) is 19.7. The van der Waals surface area contributed by atoms with Crippen LogP contribution in [0.4, 0.5) is 5.69 Å². The number of anilines is 1. The second kappa shape index (κ2) is 10.4. The zero-order valence-corrected chi connectivity index (χ0v) is 20.5. The van der Waals surface area contributed by atoms with Crippen LogP contribution in [0.2, 0.25) is 0 Å². The first-order valence-electron chi connectivity index (χ1n) is 12.0. The van der Waals surface area contributed by atoms with Crippen molar-refractivity contribution in [1.82, 2.24) is 15.0 Å². The van der Waals surface area contributed by atoms with Crippen molar-refractivity contribution in [2.45, 2.75) is 52.5 Å². The fourth-order valence-corrected chi connectivity index (χ4v) is 4.21. The predicted octanol–water partition coefficient (Wildman–Crippen LogP) is 5.28. The summed E-state index contributed by atoms with van der Waals surface area (Å²) < 4.78 is 11.0. The minimum Gasteiger partial charge on any atom is -0.494 e. The van der Waals surface area contributed by atoms with E-state index >= 15 is 0 Å². The first-order valence-corrected chi connectivity index (χ1v) is 12.0. The number of carbonyl (C=O) groups excluding carboxylic acids is 1. The molecule has 1 aliphatic rings. The summed E-state index contributed by atoms with van der Waals surface area (Å²) in [5, 5.41) is 7.21. The number of aromatic nitrogens is 2. The van der Waals surface area contributed by atoms with Gasteiger partial charge < -0.3 is 14.6 Å². The van der Waals surface area contributed by atoms with E-state index in [-0.39, 0.29) is 17.2 Å². The summed E-state index contributed by atoms with van der Waals surface area (Å²) in [6.07, 6.45) is 1.82. The SMILES string of the molecule is CCOc1ccc(NC(=O)C2CCCN(Cc3nc(-c4ccc(C(C)(C)C)cc4)no3)C2)cc1. The van der Waals surface area contributed by atoms with Crippen molar-refractivity contribution in [3.63, 3.8) is 0 Å². The van der Waals surface area contributed by atoms with Gasteiger partial charge in [-0.15, -0.1) is 0 Å². The monoisotopic (exact) mass is 462 g/mol. The van der Waals surface area contributed by atoms with Crippen molar-refractivity contribution >= 4 is 11.6 Å². The van der Waals surface area contributed by atoms with Gasteiger partial charge in [-0.3, -0.25) is 9.69 Å². The van der Waals surface area contributed by atoms with Gasteiger partial charge in [0.2, 0.25) is 17.6 Å². The van der Waals surface area contributed by atoms with Gasteiger partial charge in [-0.05, 0) is 61.6 Å². The third-order valence-corrected chi connectivity index (χ3v) is 6.15. The number of hydrogen-bond acceptors (Lipinski definition) is 6. The Morgan fingerprint density at radius 3 is 2.56 bits per heavy atom. The number of piperidine rings is 1. The Labute approximate surface area is 201 Å².